The second-order valence-electron chi connectivity index (χ2n) is 8.64. The molecule has 1 amide bonds. The Labute approximate surface area is 233 Å². The van der Waals surface area contributed by atoms with Crippen LogP contribution in [0.25, 0.3) is 0 Å². The van der Waals surface area contributed by atoms with Gasteiger partial charge in [-0.05, 0) is 44.0 Å². The van der Waals surface area contributed by atoms with Crippen molar-refractivity contribution in [2.75, 3.05) is 17.2 Å². The minimum Gasteiger partial charge on any atom is -0.462 e. The first-order chi connectivity index (χ1) is 17.8. The van der Waals surface area contributed by atoms with Gasteiger partial charge in [-0.2, -0.15) is 18.3 Å². The number of thiophene rings is 1. The van der Waals surface area contributed by atoms with Crippen LogP contribution in [-0.2, 0) is 4.74 Å². The molecule has 2 aromatic heterocycles. The van der Waals surface area contributed by atoms with Crippen LogP contribution in [0.3, 0.4) is 0 Å². The summed E-state index contributed by atoms with van der Waals surface area (Å²) in [6.07, 6.45) is -5.97. The first-order valence-corrected chi connectivity index (χ1v) is 13.5. The van der Waals surface area contributed by atoms with E-state index < -0.39 is 41.9 Å². The summed E-state index contributed by atoms with van der Waals surface area (Å²) in [6, 6.07) is 4.05. The van der Waals surface area contributed by atoms with E-state index >= 15 is 0 Å². The lowest BCUT2D eigenvalue weighted by molar-refractivity contribution is -0.173. The van der Waals surface area contributed by atoms with Gasteiger partial charge in [-0.3, -0.25) is 4.79 Å². The fourth-order valence-electron chi connectivity index (χ4n) is 4.28. The number of fused-ring (bicyclic) bond motifs is 1. The molecule has 0 radical (unpaired) electrons. The third-order valence-electron chi connectivity index (χ3n) is 6.05. The summed E-state index contributed by atoms with van der Waals surface area (Å²) in [5.74, 6) is -1.77. The Morgan fingerprint density at radius 3 is 2.61 bits per heavy atom. The Morgan fingerprint density at radius 1 is 1.37 bits per heavy atom. The number of esters is 1. The smallest absolute Gasteiger partial charge is 0.410 e. The molecule has 204 valence electrons. The Hall–Kier alpha value is -2.61. The fraction of sp³-hybridized carbons (Fsp3) is 0.375. The number of alkyl halides is 3. The van der Waals surface area contributed by atoms with Crippen LogP contribution in [-0.4, -0.2) is 39.5 Å². The van der Waals surface area contributed by atoms with Gasteiger partial charge in [0.25, 0.3) is 5.91 Å². The number of hydrogen-bond acceptors (Lipinski definition) is 7. The molecule has 0 unspecified atom stereocenters. The highest BCUT2D eigenvalue weighted by atomic mass is 79.9. The molecule has 0 fully saturated rings. The number of anilines is 2. The molecular weight excluding hydrogens is 613 g/mol. The normalized spacial score (nSPS) is 17.9. The summed E-state index contributed by atoms with van der Waals surface area (Å²) >= 11 is 10.7. The van der Waals surface area contributed by atoms with E-state index in [1.54, 1.807) is 38.1 Å². The zero-order valence-corrected chi connectivity index (χ0v) is 23.5. The number of amides is 1. The predicted molar refractivity (Wildman–Crippen MR) is 141 cm³/mol. The van der Waals surface area contributed by atoms with Crippen LogP contribution < -0.4 is 10.6 Å². The number of benzene rings is 1. The van der Waals surface area contributed by atoms with Gasteiger partial charge in [-0.15, -0.1) is 11.3 Å². The first-order valence-electron chi connectivity index (χ1n) is 11.5. The second kappa shape index (κ2) is 10.9. The third kappa shape index (κ3) is 5.42. The van der Waals surface area contributed by atoms with Crippen molar-refractivity contribution < 1.29 is 32.6 Å². The van der Waals surface area contributed by atoms with Crippen LogP contribution in [0.5, 0.6) is 0 Å². The average Bonchev–Trinajstić information content (AvgIpc) is 3.35. The summed E-state index contributed by atoms with van der Waals surface area (Å²) in [6.45, 7) is 4.80. The van der Waals surface area contributed by atoms with Crippen LogP contribution in [0.4, 0.5) is 24.0 Å². The molecule has 3 heterocycles. The number of nitrogens with zero attached hydrogens (tertiary/aromatic N) is 2. The van der Waals surface area contributed by atoms with Gasteiger partial charge in [-0.25, -0.2) is 9.48 Å². The topological polar surface area (TPSA) is 105 Å². The highest BCUT2D eigenvalue weighted by molar-refractivity contribution is 9.10. The monoisotopic (exact) mass is 634 g/mol. The van der Waals surface area contributed by atoms with Gasteiger partial charge in [0.2, 0.25) is 0 Å². The molecule has 4 rings (SSSR count). The minimum absolute atomic E-state index is 0.0443. The van der Waals surface area contributed by atoms with Crippen molar-refractivity contribution in [3.8, 4) is 0 Å². The van der Waals surface area contributed by atoms with E-state index in [9.17, 15) is 27.9 Å². The number of ether oxygens (including phenoxy) is 1. The average molecular weight is 636 g/mol. The molecule has 0 bridgehead atoms. The van der Waals surface area contributed by atoms with Gasteiger partial charge in [-0.1, -0.05) is 39.7 Å². The van der Waals surface area contributed by atoms with Gasteiger partial charge >= 0.3 is 12.1 Å². The molecule has 0 saturated carbocycles. The molecule has 1 aliphatic rings. The van der Waals surface area contributed by atoms with E-state index in [2.05, 4.69) is 31.7 Å². The van der Waals surface area contributed by atoms with E-state index in [0.29, 0.717) is 20.7 Å². The highest BCUT2D eigenvalue weighted by Gasteiger charge is 2.48. The summed E-state index contributed by atoms with van der Waals surface area (Å²) in [4.78, 5) is 26.2. The van der Waals surface area contributed by atoms with E-state index in [1.807, 2.05) is 0 Å². The lowest BCUT2D eigenvalue weighted by Gasteiger charge is -2.33. The number of nitrogens with one attached hydrogen (secondary N) is 2. The largest absolute Gasteiger partial charge is 0.462 e. The Morgan fingerprint density at radius 2 is 2.03 bits per heavy atom. The number of hydrogen-bond donors (Lipinski definition) is 3. The van der Waals surface area contributed by atoms with Crippen LogP contribution in [0.15, 0.2) is 28.7 Å². The zero-order chi connectivity index (χ0) is 27.9. The molecule has 3 atom stereocenters. The third-order valence-corrected chi connectivity index (χ3v) is 8.32. The second-order valence-corrected chi connectivity index (χ2v) is 11.0. The van der Waals surface area contributed by atoms with E-state index in [4.69, 9.17) is 16.3 Å². The van der Waals surface area contributed by atoms with Gasteiger partial charge in [0.05, 0.1) is 24.3 Å². The van der Waals surface area contributed by atoms with Gasteiger partial charge in [0.1, 0.15) is 15.8 Å². The number of rotatable bonds is 6. The van der Waals surface area contributed by atoms with Crippen LogP contribution in [0.2, 0.25) is 5.02 Å². The fourth-order valence-corrected chi connectivity index (χ4v) is 5.93. The molecule has 0 spiro atoms. The Balaban J connectivity index is 1.72. The van der Waals surface area contributed by atoms with Crippen molar-refractivity contribution in [3.63, 3.8) is 0 Å². The van der Waals surface area contributed by atoms with Crippen molar-refractivity contribution in [3.05, 3.63) is 61.0 Å². The van der Waals surface area contributed by atoms with Crippen LogP contribution >= 0.6 is 38.9 Å². The molecule has 1 aromatic carbocycles. The quantitative estimate of drug-likeness (QED) is 0.257. The number of halogens is 5. The van der Waals surface area contributed by atoms with Crippen molar-refractivity contribution in [2.24, 2.45) is 0 Å². The minimum atomic E-state index is -4.67. The maximum Gasteiger partial charge on any atom is 0.410 e. The molecule has 0 saturated heterocycles. The SMILES string of the molecule is CCOC(=O)c1c(NC(=O)c2nn3c(c2Cl)N[C@H](c2ccc(Br)cc2)C[C@@H]3C(F)(F)F)sc([C@H](C)O)c1C. The molecule has 8 nitrogen and oxygen atoms in total. The lowest BCUT2D eigenvalue weighted by Crippen LogP contribution is -2.35. The number of aromatic nitrogens is 2. The van der Waals surface area contributed by atoms with Gasteiger partial charge in [0, 0.05) is 15.8 Å². The van der Waals surface area contributed by atoms with E-state index in [-0.39, 0.29) is 34.4 Å². The molecule has 3 aromatic rings. The predicted octanol–water partition coefficient (Wildman–Crippen LogP) is 6.81. The summed E-state index contributed by atoms with van der Waals surface area (Å²) in [5.41, 5.74) is 0.628. The Kier molecular flexibility index (Phi) is 8.12. The molecule has 1 aliphatic heterocycles. The van der Waals surface area contributed by atoms with Crippen molar-refractivity contribution in [2.45, 2.75) is 51.6 Å². The number of aliphatic hydroxyl groups excluding tert-OH is 1. The van der Waals surface area contributed by atoms with Crippen molar-refractivity contribution in [1.82, 2.24) is 9.78 Å². The molecule has 3 N–H and O–H groups in total. The summed E-state index contributed by atoms with van der Waals surface area (Å²) in [7, 11) is 0. The molecule has 38 heavy (non-hydrogen) atoms. The Bertz CT molecular complexity index is 1370. The zero-order valence-electron chi connectivity index (χ0n) is 20.3. The number of carbonyl (C=O) groups excluding carboxylic acids is 2. The maximum atomic E-state index is 14.1. The van der Waals surface area contributed by atoms with Crippen LogP contribution in [0.1, 0.15) is 75.3 Å². The number of aliphatic hydroxyl groups is 1. The van der Waals surface area contributed by atoms with Gasteiger partial charge < -0.3 is 20.5 Å². The van der Waals surface area contributed by atoms with Crippen molar-refractivity contribution >= 4 is 61.6 Å². The van der Waals surface area contributed by atoms with Crippen molar-refractivity contribution in [1.29, 1.82) is 0 Å². The maximum absolute atomic E-state index is 14.1. The first kappa shape index (κ1) is 28.4. The van der Waals surface area contributed by atoms with E-state index in [0.717, 1.165) is 15.8 Å². The van der Waals surface area contributed by atoms with Gasteiger partial charge in [0.15, 0.2) is 11.7 Å². The molecule has 0 aliphatic carbocycles. The summed E-state index contributed by atoms with van der Waals surface area (Å²) in [5, 5.41) is 19.3. The number of carbonyl (C=O) groups is 2. The molecular formula is C24H23BrClF3N4O4S. The highest BCUT2D eigenvalue weighted by Crippen LogP contribution is 2.46. The van der Waals surface area contributed by atoms with E-state index in [1.165, 1.54) is 6.92 Å². The lowest BCUT2D eigenvalue weighted by atomic mass is 9.97. The van der Waals surface area contributed by atoms with Crippen LogP contribution in [0, 0.1) is 6.92 Å². The summed E-state index contributed by atoms with van der Waals surface area (Å²) < 4.78 is 48.8. The molecule has 14 heteroatoms. The standard InChI is InChI=1S/C24H23BrClF3N4O4S/c1-4-37-23(36)16-10(2)19(11(3)34)38-22(16)31-21(35)18-17(26)20-30-14(12-5-7-13(25)8-6-12)9-15(24(27,28)29)33(20)32-18/h5-8,11,14-15,30,34H,4,9H2,1-3H3,(H,31,35)/t11-,14-,15+/m0/s1.